The molecule has 2 rings (SSSR count). The van der Waals surface area contributed by atoms with Crippen LogP contribution in [0.15, 0.2) is 47.6 Å². The number of hydrogen-bond acceptors (Lipinski definition) is 5. The standard InChI is InChI=1S/C18H17F3N2O3/c1-3-25-17-9-13(7-8-16(17)26-12(2)24)11-22-23-15-6-4-5-14(10-15)18(19,20)21/h4-11,23H,3H2,1-2H3/b22-11-. The molecule has 8 heteroatoms. The van der Waals surface area contributed by atoms with Crippen molar-refractivity contribution in [3.05, 3.63) is 53.6 Å². The second-order valence-electron chi connectivity index (χ2n) is 5.18. The molecule has 0 unspecified atom stereocenters. The molecule has 0 aromatic heterocycles. The zero-order valence-electron chi connectivity index (χ0n) is 14.1. The van der Waals surface area contributed by atoms with E-state index in [0.717, 1.165) is 12.1 Å². The van der Waals surface area contributed by atoms with Crippen molar-refractivity contribution in [3.63, 3.8) is 0 Å². The van der Waals surface area contributed by atoms with Gasteiger partial charge in [0.05, 0.1) is 24.1 Å². The molecule has 0 radical (unpaired) electrons. The molecule has 0 heterocycles. The van der Waals surface area contributed by atoms with Crippen LogP contribution in [0.25, 0.3) is 0 Å². The van der Waals surface area contributed by atoms with Crippen molar-refractivity contribution >= 4 is 17.9 Å². The molecule has 138 valence electrons. The number of carbonyl (C=O) groups excluding carboxylic acids is 1. The summed E-state index contributed by atoms with van der Waals surface area (Å²) < 4.78 is 48.5. The van der Waals surface area contributed by atoms with Crippen LogP contribution in [0, 0.1) is 0 Å². The molecule has 0 aliphatic rings. The first kappa shape index (κ1) is 19.3. The summed E-state index contributed by atoms with van der Waals surface area (Å²) in [7, 11) is 0. The summed E-state index contributed by atoms with van der Waals surface area (Å²) in [6.07, 6.45) is -3.00. The SMILES string of the molecule is CCOc1cc(/C=N\Nc2cccc(C(F)(F)F)c2)ccc1OC(C)=O. The highest BCUT2D eigenvalue weighted by atomic mass is 19.4. The van der Waals surface area contributed by atoms with E-state index in [0.29, 0.717) is 17.9 Å². The van der Waals surface area contributed by atoms with Gasteiger partial charge in [-0.25, -0.2) is 0 Å². The molecule has 26 heavy (non-hydrogen) atoms. The third-order valence-electron chi connectivity index (χ3n) is 3.12. The van der Waals surface area contributed by atoms with E-state index in [1.165, 1.54) is 25.3 Å². The fourth-order valence-corrected chi connectivity index (χ4v) is 2.06. The van der Waals surface area contributed by atoms with Crippen LogP contribution in [0.1, 0.15) is 25.0 Å². The van der Waals surface area contributed by atoms with Crippen molar-refractivity contribution in [2.45, 2.75) is 20.0 Å². The maximum atomic E-state index is 12.7. The molecule has 0 spiro atoms. The van der Waals surface area contributed by atoms with Gasteiger partial charge >= 0.3 is 12.1 Å². The topological polar surface area (TPSA) is 59.9 Å². The Morgan fingerprint density at radius 2 is 1.96 bits per heavy atom. The van der Waals surface area contributed by atoms with Crippen molar-refractivity contribution < 1.29 is 27.4 Å². The minimum Gasteiger partial charge on any atom is -0.490 e. The number of nitrogens with one attached hydrogen (secondary N) is 1. The number of rotatable bonds is 6. The molecule has 0 atom stereocenters. The van der Waals surface area contributed by atoms with Crippen LogP contribution in [0.4, 0.5) is 18.9 Å². The van der Waals surface area contributed by atoms with Crippen molar-refractivity contribution in [2.75, 3.05) is 12.0 Å². The highest BCUT2D eigenvalue weighted by Gasteiger charge is 2.30. The molecule has 5 nitrogen and oxygen atoms in total. The highest BCUT2D eigenvalue weighted by Crippen LogP contribution is 2.31. The molecule has 0 bridgehead atoms. The number of ether oxygens (including phenoxy) is 2. The number of hydrazone groups is 1. The Hall–Kier alpha value is -3.03. The zero-order chi connectivity index (χ0) is 19.2. The van der Waals surface area contributed by atoms with Crippen molar-refractivity contribution in [1.29, 1.82) is 0 Å². The summed E-state index contributed by atoms with van der Waals surface area (Å²) in [6, 6.07) is 9.52. The Labute approximate surface area is 148 Å². The number of alkyl halides is 3. The normalized spacial score (nSPS) is 11.4. The number of carbonyl (C=O) groups is 1. The maximum Gasteiger partial charge on any atom is 0.416 e. The van der Waals surface area contributed by atoms with Crippen molar-refractivity contribution in [2.24, 2.45) is 5.10 Å². The van der Waals surface area contributed by atoms with Gasteiger partial charge < -0.3 is 9.47 Å². The van der Waals surface area contributed by atoms with Gasteiger partial charge in [0.2, 0.25) is 0 Å². The van der Waals surface area contributed by atoms with Crippen LogP contribution in [-0.2, 0) is 11.0 Å². The monoisotopic (exact) mass is 366 g/mol. The highest BCUT2D eigenvalue weighted by molar-refractivity contribution is 5.82. The summed E-state index contributed by atoms with van der Waals surface area (Å²) in [6.45, 7) is 3.44. The summed E-state index contributed by atoms with van der Waals surface area (Å²) in [5, 5.41) is 3.92. The van der Waals surface area contributed by atoms with E-state index in [1.54, 1.807) is 25.1 Å². The van der Waals surface area contributed by atoms with Gasteiger partial charge in [-0.15, -0.1) is 0 Å². The number of nitrogens with zero attached hydrogens (tertiary/aromatic N) is 1. The van der Waals surface area contributed by atoms with Gasteiger partial charge in [-0.3, -0.25) is 10.2 Å². The average Bonchev–Trinajstić information content (AvgIpc) is 2.56. The first-order valence-electron chi connectivity index (χ1n) is 7.71. The minimum atomic E-state index is -4.42. The summed E-state index contributed by atoms with van der Waals surface area (Å²) in [4.78, 5) is 11.1. The predicted octanol–water partition coefficient (Wildman–Crippen LogP) is 4.48. The second kappa shape index (κ2) is 8.37. The Kier molecular flexibility index (Phi) is 6.21. The van der Waals surface area contributed by atoms with E-state index >= 15 is 0 Å². The fraction of sp³-hybridized carbons (Fsp3) is 0.222. The van der Waals surface area contributed by atoms with Gasteiger partial charge in [0.1, 0.15) is 0 Å². The molecule has 0 fully saturated rings. The Balaban J connectivity index is 2.13. The maximum absolute atomic E-state index is 12.7. The van der Waals surface area contributed by atoms with Gasteiger partial charge in [-0.05, 0) is 48.9 Å². The molecule has 0 saturated carbocycles. The fourth-order valence-electron chi connectivity index (χ4n) is 2.06. The Morgan fingerprint density at radius 3 is 2.62 bits per heavy atom. The van der Waals surface area contributed by atoms with E-state index in [4.69, 9.17) is 9.47 Å². The number of esters is 1. The van der Waals surface area contributed by atoms with Crippen LogP contribution in [0.5, 0.6) is 11.5 Å². The van der Waals surface area contributed by atoms with Gasteiger partial charge in [-0.2, -0.15) is 18.3 Å². The lowest BCUT2D eigenvalue weighted by molar-refractivity contribution is -0.137. The quantitative estimate of drug-likeness (QED) is 0.355. The smallest absolute Gasteiger partial charge is 0.416 e. The number of benzene rings is 2. The van der Waals surface area contributed by atoms with Crippen LogP contribution >= 0.6 is 0 Å². The summed E-state index contributed by atoms with van der Waals surface area (Å²) in [5.41, 5.74) is 2.61. The van der Waals surface area contributed by atoms with Crippen molar-refractivity contribution in [3.8, 4) is 11.5 Å². The molecule has 1 N–H and O–H groups in total. The Bertz CT molecular complexity index is 805. The third-order valence-corrected chi connectivity index (χ3v) is 3.12. The lowest BCUT2D eigenvalue weighted by Crippen LogP contribution is -2.05. The molecular weight excluding hydrogens is 349 g/mol. The predicted molar refractivity (Wildman–Crippen MR) is 91.6 cm³/mol. The molecule has 0 aliphatic heterocycles. The number of hydrogen-bond donors (Lipinski definition) is 1. The molecule has 0 amide bonds. The lowest BCUT2D eigenvalue weighted by Gasteiger charge is -2.10. The first-order chi connectivity index (χ1) is 12.3. The molecule has 0 saturated heterocycles. The number of anilines is 1. The largest absolute Gasteiger partial charge is 0.490 e. The lowest BCUT2D eigenvalue weighted by atomic mass is 10.2. The van der Waals surface area contributed by atoms with Gasteiger partial charge in [0.15, 0.2) is 11.5 Å². The van der Waals surface area contributed by atoms with E-state index in [9.17, 15) is 18.0 Å². The van der Waals surface area contributed by atoms with E-state index in [-0.39, 0.29) is 11.4 Å². The zero-order valence-corrected chi connectivity index (χ0v) is 14.1. The molecule has 2 aromatic rings. The average molecular weight is 366 g/mol. The van der Waals surface area contributed by atoms with Crippen LogP contribution in [0.2, 0.25) is 0 Å². The van der Waals surface area contributed by atoms with E-state index < -0.39 is 17.7 Å². The van der Waals surface area contributed by atoms with Crippen LogP contribution in [-0.4, -0.2) is 18.8 Å². The second-order valence-corrected chi connectivity index (χ2v) is 5.18. The Morgan fingerprint density at radius 1 is 1.19 bits per heavy atom. The van der Waals surface area contributed by atoms with Crippen LogP contribution < -0.4 is 14.9 Å². The molecule has 2 aromatic carbocycles. The van der Waals surface area contributed by atoms with Gasteiger partial charge in [0, 0.05) is 6.92 Å². The third kappa shape index (κ3) is 5.51. The van der Waals surface area contributed by atoms with E-state index in [1.807, 2.05) is 0 Å². The van der Waals surface area contributed by atoms with E-state index in [2.05, 4.69) is 10.5 Å². The van der Waals surface area contributed by atoms with Crippen LogP contribution in [0.3, 0.4) is 0 Å². The minimum absolute atomic E-state index is 0.206. The van der Waals surface area contributed by atoms with Crippen molar-refractivity contribution in [1.82, 2.24) is 0 Å². The summed E-state index contributed by atoms with van der Waals surface area (Å²) in [5.74, 6) is 0.173. The molecular formula is C18H17F3N2O3. The molecule has 0 aliphatic carbocycles. The number of halogens is 3. The first-order valence-corrected chi connectivity index (χ1v) is 7.71. The summed E-state index contributed by atoms with van der Waals surface area (Å²) >= 11 is 0. The van der Waals surface area contributed by atoms with Gasteiger partial charge in [0.25, 0.3) is 0 Å². The van der Waals surface area contributed by atoms with Gasteiger partial charge in [-0.1, -0.05) is 6.07 Å².